The lowest BCUT2D eigenvalue weighted by molar-refractivity contribution is -0.134. The molecule has 26 heavy (non-hydrogen) atoms. The quantitative estimate of drug-likeness (QED) is 0.811. The number of benzene rings is 2. The van der Waals surface area contributed by atoms with Crippen molar-refractivity contribution in [3.8, 4) is 0 Å². The summed E-state index contributed by atoms with van der Waals surface area (Å²) in [5.41, 5.74) is 7.36. The van der Waals surface area contributed by atoms with Crippen LogP contribution in [0.15, 0.2) is 71.8 Å². The van der Waals surface area contributed by atoms with Crippen molar-refractivity contribution in [1.82, 2.24) is 0 Å². The minimum absolute atomic E-state index is 0.124. The lowest BCUT2D eigenvalue weighted by Gasteiger charge is -2.20. The Kier molecular flexibility index (Phi) is 5.43. The molecule has 2 N–H and O–H groups in total. The topological polar surface area (TPSA) is 85.0 Å². The number of ether oxygens (including phenoxy) is 1. The van der Waals surface area contributed by atoms with Gasteiger partial charge in [-0.1, -0.05) is 54.6 Å². The molecule has 3 rings (SSSR count). The lowest BCUT2D eigenvalue weighted by atomic mass is 10.1. The Labute approximate surface area is 151 Å². The number of nitrogens with zero attached hydrogens (tertiary/aromatic N) is 2. The largest absolute Gasteiger partial charge is 0.457 e. The summed E-state index contributed by atoms with van der Waals surface area (Å²) in [6.07, 6.45) is 3.75. The summed E-state index contributed by atoms with van der Waals surface area (Å²) in [5, 5.41) is 5.72. The molecule has 0 spiro atoms. The van der Waals surface area contributed by atoms with Crippen molar-refractivity contribution in [2.24, 2.45) is 10.8 Å². The van der Waals surface area contributed by atoms with Crippen molar-refractivity contribution >= 4 is 29.4 Å². The van der Waals surface area contributed by atoms with E-state index in [9.17, 15) is 9.59 Å². The van der Waals surface area contributed by atoms with E-state index < -0.39 is 17.9 Å². The van der Waals surface area contributed by atoms with E-state index in [0.717, 1.165) is 5.56 Å². The minimum atomic E-state index is -0.695. The molecule has 0 fully saturated rings. The number of nitrogens with two attached hydrogens (primary N) is 1. The summed E-state index contributed by atoms with van der Waals surface area (Å²) < 4.78 is 5.22. The number of amides is 1. The molecule has 0 bridgehead atoms. The highest BCUT2D eigenvalue weighted by Gasteiger charge is 2.35. The number of para-hydroxylation sites is 1. The van der Waals surface area contributed by atoms with Gasteiger partial charge in [-0.3, -0.25) is 9.80 Å². The number of anilines is 1. The molecule has 2 aromatic rings. The molecule has 1 heterocycles. The number of primary amides is 1. The number of carbonyl (C=O) groups excluding carboxylic acids is 2. The smallest absolute Gasteiger partial charge is 0.354 e. The molecule has 6 nitrogen and oxygen atoms in total. The molecule has 0 aromatic heterocycles. The highest BCUT2D eigenvalue weighted by atomic mass is 16.5. The van der Waals surface area contributed by atoms with E-state index in [1.165, 1.54) is 5.01 Å². The highest BCUT2D eigenvalue weighted by Crippen LogP contribution is 2.24. The zero-order chi connectivity index (χ0) is 18.4. The number of esters is 1. The van der Waals surface area contributed by atoms with Crippen LogP contribution in [0, 0.1) is 0 Å². The third kappa shape index (κ3) is 4.16. The first-order chi connectivity index (χ1) is 12.6. The van der Waals surface area contributed by atoms with Gasteiger partial charge in [0.25, 0.3) is 0 Å². The average Bonchev–Trinajstić information content (AvgIpc) is 3.12. The van der Waals surface area contributed by atoms with Gasteiger partial charge in [-0.25, -0.2) is 4.79 Å². The third-order valence-electron chi connectivity index (χ3n) is 3.92. The Balaban J connectivity index is 1.63. The van der Waals surface area contributed by atoms with Crippen molar-refractivity contribution in [3.63, 3.8) is 0 Å². The van der Waals surface area contributed by atoms with Crippen molar-refractivity contribution in [1.29, 1.82) is 0 Å². The van der Waals surface area contributed by atoms with Crippen LogP contribution in [-0.2, 0) is 14.3 Å². The van der Waals surface area contributed by atoms with Gasteiger partial charge in [-0.05, 0) is 23.8 Å². The van der Waals surface area contributed by atoms with Crippen LogP contribution in [0.4, 0.5) is 5.69 Å². The first-order valence-corrected chi connectivity index (χ1v) is 8.25. The molecule has 6 heteroatoms. The molecule has 0 saturated carbocycles. The van der Waals surface area contributed by atoms with E-state index in [4.69, 9.17) is 10.5 Å². The molecule has 0 saturated heterocycles. The number of rotatable bonds is 6. The SMILES string of the molecule is NC(=O)C1CC(C(=O)OC/C=C/c2ccccc2)=NN1c1ccccc1. The maximum atomic E-state index is 12.2. The summed E-state index contributed by atoms with van der Waals surface area (Å²) in [4.78, 5) is 24.0. The van der Waals surface area contributed by atoms with Gasteiger partial charge >= 0.3 is 5.97 Å². The van der Waals surface area contributed by atoms with E-state index in [0.29, 0.717) is 5.69 Å². The molecule has 2 aromatic carbocycles. The summed E-state index contributed by atoms with van der Waals surface area (Å²) in [6, 6.07) is 18.1. The Morgan fingerprint density at radius 3 is 2.42 bits per heavy atom. The standard InChI is InChI=1S/C20H19N3O3/c21-19(24)18-14-17(22-23(18)16-11-5-2-6-12-16)20(25)26-13-7-10-15-8-3-1-4-9-15/h1-12,18H,13-14H2,(H2,21,24)/b10-7+. The third-order valence-corrected chi connectivity index (χ3v) is 3.92. The van der Waals surface area contributed by atoms with Crippen LogP contribution in [0.1, 0.15) is 12.0 Å². The Hall–Kier alpha value is -3.41. The van der Waals surface area contributed by atoms with Crippen LogP contribution in [0.3, 0.4) is 0 Å². The van der Waals surface area contributed by atoms with Crippen LogP contribution in [0.5, 0.6) is 0 Å². The maximum absolute atomic E-state index is 12.2. The average molecular weight is 349 g/mol. The molecule has 1 atom stereocenters. The van der Waals surface area contributed by atoms with Gasteiger partial charge < -0.3 is 10.5 Å². The summed E-state index contributed by atoms with van der Waals surface area (Å²) in [7, 11) is 0. The minimum Gasteiger partial charge on any atom is -0.457 e. The molecule has 1 aliphatic rings. The van der Waals surface area contributed by atoms with E-state index >= 15 is 0 Å². The predicted octanol–water partition coefficient (Wildman–Crippen LogP) is 2.36. The Morgan fingerprint density at radius 2 is 1.77 bits per heavy atom. The van der Waals surface area contributed by atoms with Crippen LogP contribution >= 0.6 is 0 Å². The zero-order valence-electron chi connectivity index (χ0n) is 14.1. The van der Waals surface area contributed by atoms with Gasteiger partial charge in [-0.15, -0.1) is 0 Å². The van der Waals surface area contributed by atoms with Gasteiger partial charge in [0, 0.05) is 6.42 Å². The number of hydrogen-bond donors (Lipinski definition) is 1. The molecule has 1 aliphatic heterocycles. The van der Waals surface area contributed by atoms with Gasteiger partial charge in [0.1, 0.15) is 18.4 Å². The Morgan fingerprint density at radius 1 is 1.12 bits per heavy atom. The summed E-state index contributed by atoms with van der Waals surface area (Å²) in [6.45, 7) is 0.124. The number of carbonyl (C=O) groups is 2. The second-order valence-electron chi connectivity index (χ2n) is 5.76. The Bertz CT molecular complexity index is 832. The van der Waals surface area contributed by atoms with Crippen LogP contribution in [0.2, 0.25) is 0 Å². The summed E-state index contributed by atoms with van der Waals surface area (Å²) in [5.74, 6) is -1.09. The molecule has 0 radical (unpaired) electrons. The first-order valence-electron chi connectivity index (χ1n) is 8.25. The van der Waals surface area contributed by atoms with Crippen LogP contribution in [-0.4, -0.2) is 30.2 Å². The van der Waals surface area contributed by atoms with Crippen LogP contribution < -0.4 is 10.7 Å². The fourth-order valence-corrected chi connectivity index (χ4v) is 2.63. The first kappa shape index (κ1) is 17.4. The van der Waals surface area contributed by atoms with Gasteiger partial charge in [-0.2, -0.15) is 5.10 Å². The fraction of sp³-hybridized carbons (Fsp3) is 0.150. The second kappa shape index (κ2) is 8.11. The van der Waals surface area contributed by atoms with E-state index in [-0.39, 0.29) is 18.7 Å². The highest BCUT2D eigenvalue weighted by molar-refractivity contribution is 6.38. The zero-order valence-corrected chi connectivity index (χ0v) is 14.1. The van der Waals surface area contributed by atoms with Gasteiger partial charge in [0.2, 0.25) is 5.91 Å². The molecule has 132 valence electrons. The molecule has 1 unspecified atom stereocenters. The van der Waals surface area contributed by atoms with Crippen molar-refractivity contribution in [2.45, 2.75) is 12.5 Å². The van der Waals surface area contributed by atoms with Gasteiger partial charge in [0.15, 0.2) is 0 Å². The van der Waals surface area contributed by atoms with Gasteiger partial charge in [0.05, 0.1) is 5.69 Å². The molecule has 0 aliphatic carbocycles. The molecular formula is C20H19N3O3. The molecule has 1 amide bonds. The summed E-state index contributed by atoms with van der Waals surface area (Å²) >= 11 is 0. The number of hydrogen-bond acceptors (Lipinski definition) is 5. The van der Waals surface area contributed by atoms with Crippen molar-refractivity contribution in [2.75, 3.05) is 11.6 Å². The normalized spacial score (nSPS) is 16.5. The molecular weight excluding hydrogens is 330 g/mol. The van der Waals surface area contributed by atoms with Crippen LogP contribution in [0.25, 0.3) is 6.08 Å². The predicted molar refractivity (Wildman–Crippen MR) is 100 cm³/mol. The number of hydrazone groups is 1. The van der Waals surface area contributed by atoms with E-state index in [2.05, 4.69) is 5.10 Å². The van der Waals surface area contributed by atoms with E-state index in [1.54, 1.807) is 18.2 Å². The van der Waals surface area contributed by atoms with Crippen molar-refractivity contribution in [3.05, 3.63) is 72.3 Å². The van der Waals surface area contributed by atoms with Crippen molar-refractivity contribution < 1.29 is 14.3 Å². The fourth-order valence-electron chi connectivity index (χ4n) is 2.63. The second-order valence-corrected chi connectivity index (χ2v) is 5.76. The monoisotopic (exact) mass is 349 g/mol. The maximum Gasteiger partial charge on any atom is 0.354 e. The van der Waals surface area contributed by atoms with E-state index in [1.807, 2.05) is 54.6 Å². The lowest BCUT2D eigenvalue weighted by Crippen LogP contribution is -2.39.